The summed E-state index contributed by atoms with van der Waals surface area (Å²) in [6.07, 6.45) is 5.20. The van der Waals surface area contributed by atoms with E-state index in [9.17, 15) is 9.59 Å². The molecule has 5 nitrogen and oxygen atoms in total. The van der Waals surface area contributed by atoms with Crippen molar-refractivity contribution in [2.24, 2.45) is 0 Å². The van der Waals surface area contributed by atoms with Gasteiger partial charge in [0.15, 0.2) is 0 Å². The minimum Gasteiger partial charge on any atom is -0.378 e. The molecule has 2 rings (SSSR count). The Morgan fingerprint density at radius 3 is 2.95 bits per heavy atom. The van der Waals surface area contributed by atoms with Crippen LogP contribution in [-0.2, 0) is 14.3 Å². The first-order valence-electron chi connectivity index (χ1n) is 7.78. The molecule has 0 aromatic heterocycles. The van der Waals surface area contributed by atoms with Crippen molar-refractivity contribution in [1.82, 2.24) is 10.2 Å². The summed E-state index contributed by atoms with van der Waals surface area (Å²) in [5.74, 6) is 0.0335. The summed E-state index contributed by atoms with van der Waals surface area (Å²) in [4.78, 5) is 26.5. The van der Waals surface area contributed by atoms with Crippen molar-refractivity contribution in [3.63, 3.8) is 0 Å². The predicted molar refractivity (Wildman–Crippen MR) is 76.2 cm³/mol. The lowest BCUT2D eigenvalue weighted by Gasteiger charge is -2.44. The molecule has 2 atom stereocenters. The zero-order chi connectivity index (χ0) is 14.6. The van der Waals surface area contributed by atoms with Crippen molar-refractivity contribution in [3.8, 4) is 0 Å². The van der Waals surface area contributed by atoms with Crippen molar-refractivity contribution < 1.29 is 14.3 Å². The van der Waals surface area contributed by atoms with Crippen LogP contribution in [-0.4, -0.2) is 48.1 Å². The fraction of sp³-hybridized carbons (Fsp3) is 0.867. The molecule has 5 heteroatoms. The standard InChI is InChI=1S/C15H26N2O3/c1-3-7-15(2)14(19)16-8-9-17(15)13(18)11-12-6-4-5-10-20-12/h12H,3-11H2,1-2H3,(H,16,19)/t12-,15+/m0/s1. The average Bonchev–Trinajstić information content (AvgIpc) is 2.43. The molecule has 2 amide bonds. The monoisotopic (exact) mass is 282 g/mol. The van der Waals surface area contributed by atoms with Gasteiger partial charge < -0.3 is 15.0 Å². The minimum atomic E-state index is -0.696. The first-order chi connectivity index (χ1) is 9.58. The highest BCUT2D eigenvalue weighted by molar-refractivity contribution is 5.92. The van der Waals surface area contributed by atoms with Crippen molar-refractivity contribution >= 4 is 11.8 Å². The highest BCUT2D eigenvalue weighted by Crippen LogP contribution is 2.26. The van der Waals surface area contributed by atoms with Gasteiger partial charge in [0.05, 0.1) is 12.5 Å². The smallest absolute Gasteiger partial charge is 0.245 e. The van der Waals surface area contributed by atoms with Gasteiger partial charge in [-0.25, -0.2) is 0 Å². The van der Waals surface area contributed by atoms with E-state index in [1.54, 1.807) is 4.90 Å². The minimum absolute atomic E-state index is 0.0245. The van der Waals surface area contributed by atoms with E-state index >= 15 is 0 Å². The van der Waals surface area contributed by atoms with Crippen LogP contribution in [0, 0.1) is 0 Å². The van der Waals surface area contributed by atoms with E-state index < -0.39 is 5.54 Å². The second-order valence-electron chi connectivity index (χ2n) is 6.02. The van der Waals surface area contributed by atoms with Gasteiger partial charge in [0.2, 0.25) is 11.8 Å². The summed E-state index contributed by atoms with van der Waals surface area (Å²) in [7, 11) is 0. The molecular weight excluding hydrogens is 256 g/mol. The van der Waals surface area contributed by atoms with Crippen LogP contribution in [0.5, 0.6) is 0 Å². The Morgan fingerprint density at radius 1 is 1.50 bits per heavy atom. The van der Waals surface area contributed by atoms with Crippen LogP contribution >= 0.6 is 0 Å². The third-order valence-corrected chi connectivity index (χ3v) is 4.42. The van der Waals surface area contributed by atoms with E-state index in [1.165, 1.54) is 0 Å². The molecule has 0 saturated carbocycles. The molecule has 1 N–H and O–H groups in total. The maximum absolute atomic E-state index is 12.6. The maximum Gasteiger partial charge on any atom is 0.245 e. The highest BCUT2D eigenvalue weighted by atomic mass is 16.5. The fourth-order valence-corrected chi connectivity index (χ4v) is 3.25. The Hall–Kier alpha value is -1.10. The number of ether oxygens (including phenoxy) is 1. The van der Waals surface area contributed by atoms with Gasteiger partial charge in [-0.15, -0.1) is 0 Å². The third-order valence-electron chi connectivity index (χ3n) is 4.42. The number of hydrogen-bond donors (Lipinski definition) is 1. The third kappa shape index (κ3) is 3.14. The largest absolute Gasteiger partial charge is 0.378 e. The average molecular weight is 282 g/mol. The second-order valence-corrected chi connectivity index (χ2v) is 6.02. The molecular formula is C15H26N2O3. The molecule has 0 aromatic carbocycles. The molecule has 0 radical (unpaired) electrons. The molecule has 2 heterocycles. The van der Waals surface area contributed by atoms with Crippen LogP contribution in [0.4, 0.5) is 0 Å². The van der Waals surface area contributed by atoms with Crippen LogP contribution in [0.15, 0.2) is 0 Å². The van der Waals surface area contributed by atoms with Gasteiger partial charge in [0.25, 0.3) is 0 Å². The van der Waals surface area contributed by atoms with Crippen LogP contribution in [0.2, 0.25) is 0 Å². The zero-order valence-electron chi connectivity index (χ0n) is 12.6. The van der Waals surface area contributed by atoms with E-state index in [4.69, 9.17) is 4.74 Å². The van der Waals surface area contributed by atoms with E-state index in [2.05, 4.69) is 5.32 Å². The van der Waals surface area contributed by atoms with Gasteiger partial charge >= 0.3 is 0 Å². The summed E-state index contributed by atoms with van der Waals surface area (Å²) in [6.45, 7) is 5.83. The van der Waals surface area contributed by atoms with E-state index in [-0.39, 0.29) is 17.9 Å². The molecule has 0 aromatic rings. The van der Waals surface area contributed by atoms with Crippen molar-refractivity contribution in [2.75, 3.05) is 19.7 Å². The Balaban J connectivity index is 2.03. The topological polar surface area (TPSA) is 58.6 Å². The van der Waals surface area contributed by atoms with Crippen LogP contribution in [0.1, 0.15) is 52.4 Å². The van der Waals surface area contributed by atoms with Crippen molar-refractivity contribution in [2.45, 2.75) is 64.0 Å². The summed E-state index contributed by atoms with van der Waals surface area (Å²) >= 11 is 0. The molecule has 0 unspecified atom stereocenters. The number of carbonyl (C=O) groups excluding carboxylic acids is 2. The number of piperazine rings is 1. The van der Waals surface area contributed by atoms with Crippen LogP contribution in [0.3, 0.4) is 0 Å². The highest BCUT2D eigenvalue weighted by Gasteiger charge is 2.43. The molecule has 0 aliphatic carbocycles. The fourth-order valence-electron chi connectivity index (χ4n) is 3.25. The van der Waals surface area contributed by atoms with Gasteiger partial charge in [0, 0.05) is 19.7 Å². The number of hydrogen-bond acceptors (Lipinski definition) is 3. The van der Waals surface area contributed by atoms with Crippen molar-refractivity contribution in [1.29, 1.82) is 0 Å². The Kier molecular flexibility index (Phi) is 5.02. The van der Waals surface area contributed by atoms with Gasteiger partial charge in [-0.05, 0) is 32.6 Å². The molecule has 2 saturated heterocycles. The first-order valence-corrected chi connectivity index (χ1v) is 7.78. The molecule has 2 aliphatic rings. The Bertz CT molecular complexity index is 366. The van der Waals surface area contributed by atoms with Crippen LogP contribution in [0.25, 0.3) is 0 Å². The predicted octanol–water partition coefficient (Wildman–Crippen LogP) is 1.46. The quantitative estimate of drug-likeness (QED) is 0.849. The van der Waals surface area contributed by atoms with Gasteiger partial charge in [0.1, 0.15) is 5.54 Å². The van der Waals surface area contributed by atoms with Crippen LogP contribution < -0.4 is 5.32 Å². The van der Waals surface area contributed by atoms with Gasteiger partial charge in [-0.3, -0.25) is 9.59 Å². The summed E-state index contributed by atoms with van der Waals surface area (Å²) in [5.41, 5.74) is -0.696. The summed E-state index contributed by atoms with van der Waals surface area (Å²) in [6, 6.07) is 0. The number of nitrogens with one attached hydrogen (secondary N) is 1. The molecule has 20 heavy (non-hydrogen) atoms. The lowest BCUT2D eigenvalue weighted by molar-refractivity contribution is -0.153. The SMILES string of the molecule is CCC[C@]1(C)C(=O)NCCN1C(=O)C[C@@H]1CCCCO1. The second kappa shape index (κ2) is 6.57. The first kappa shape index (κ1) is 15.3. The lowest BCUT2D eigenvalue weighted by atomic mass is 9.90. The summed E-state index contributed by atoms with van der Waals surface area (Å²) < 4.78 is 5.65. The van der Waals surface area contributed by atoms with Crippen molar-refractivity contribution in [3.05, 3.63) is 0 Å². The lowest BCUT2D eigenvalue weighted by Crippen LogP contribution is -2.65. The number of rotatable bonds is 4. The Labute approximate surface area is 121 Å². The normalized spacial score (nSPS) is 31.0. The molecule has 0 bridgehead atoms. The number of nitrogens with zero attached hydrogens (tertiary/aromatic N) is 1. The molecule has 114 valence electrons. The molecule has 2 fully saturated rings. The molecule has 0 spiro atoms. The van der Waals surface area contributed by atoms with Gasteiger partial charge in [-0.1, -0.05) is 13.3 Å². The van der Waals surface area contributed by atoms with E-state index in [0.29, 0.717) is 25.9 Å². The zero-order valence-corrected chi connectivity index (χ0v) is 12.6. The van der Waals surface area contributed by atoms with E-state index in [0.717, 1.165) is 32.3 Å². The molecule has 2 aliphatic heterocycles. The maximum atomic E-state index is 12.6. The summed E-state index contributed by atoms with van der Waals surface area (Å²) in [5, 5.41) is 2.88. The van der Waals surface area contributed by atoms with E-state index in [1.807, 2.05) is 13.8 Å². The van der Waals surface area contributed by atoms with Gasteiger partial charge in [-0.2, -0.15) is 0 Å². The Morgan fingerprint density at radius 2 is 2.30 bits per heavy atom. The number of amides is 2. The number of carbonyl (C=O) groups is 2.